The van der Waals surface area contributed by atoms with Gasteiger partial charge < -0.3 is 15.4 Å². The minimum Gasteiger partial charge on any atom is -0.340 e. The first kappa shape index (κ1) is 9.10. The smallest absolute Gasteiger partial charge is 0.247 e. The van der Waals surface area contributed by atoms with Gasteiger partial charge in [0.2, 0.25) is 5.91 Å². The van der Waals surface area contributed by atoms with Gasteiger partial charge in [-0.1, -0.05) is 0 Å². The van der Waals surface area contributed by atoms with Gasteiger partial charge in [-0.05, 0) is 0 Å². The molecule has 1 fully saturated rings. The molecule has 0 aliphatic carbocycles. The monoisotopic (exact) mass is 197 g/mol. The number of hydrogen-bond acceptors (Lipinski definition) is 6. The van der Waals surface area contributed by atoms with Gasteiger partial charge in [-0.25, -0.2) is 0 Å². The number of carbonyl (C=O) groups is 2. The van der Waals surface area contributed by atoms with Crippen molar-refractivity contribution < 1.29 is 9.59 Å². The molecule has 0 saturated carbocycles. The SMILES string of the molecule is NC1NC(=O)C2NC(C=O)CN=C2N1. The van der Waals surface area contributed by atoms with Gasteiger partial charge in [0.25, 0.3) is 0 Å². The van der Waals surface area contributed by atoms with E-state index in [0.29, 0.717) is 12.4 Å². The van der Waals surface area contributed by atoms with Crippen LogP contribution in [0, 0.1) is 0 Å². The molecule has 0 radical (unpaired) electrons. The molecular formula is C7H11N5O2. The predicted molar refractivity (Wildman–Crippen MR) is 48.3 cm³/mol. The molecule has 0 bridgehead atoms. The van der Waals surface area contributed by atoms with Crippen LogP contribution in [0.3, 0.4) is 0 Å². The van der Waals surface area contributed by atoms with Crippen LogP contribution < -0.4 is 21.7 Å². The zero-order valence-electron chi connectivity index (χ0n) is 7.36. The van der Waals surface area contributed by atoms with E-state index in [1.54, 1.807) is 0 Å². The maximum absolute atomic E-state index is 11.4. The first-order valence-electron chi connectivity index (χ1n) is 4.29. The maximum atomic E-state index is 11.4. The quantitative estimate of drug-likeness (QED) is 0.333. The number of hydrogen-bond donors (Lipinski definition) is 4. The van der Waals surface area contributed by atoms with Gasteiger partial charge in [0, 0.05) is 0 Å². The lowest BCUT2D eigenvalue weighted by Crippen LogP contribution is -2.71. The number of nitrogens with zero attached hydrogens (tertiary/aromatic N) is 1. The molecule has 0 spiro atoms. The average molecular weight is 197 g/mol. The van der Waals surface area contributed by atoms with Gasteiger partial charge in [0.1, 0.15) is 18.2 Å². The number of amidine groups is 1. The van der Waals surface area contributed by atoms with Crippen LogP contribution >= 0.6 is 0 Å². The third kappa shape index (κ3) is 1.47. The van der Waals surface area contributed by atoms with E-state index >= 15 is 0 Å². The minimum atomic E-state index is -0.605. The highest BCUT2D eigenvalue weighted by molar-refractivity contribution is 6.09. The normalized spacial score (nSPS) is 36.2. The molecule has 2 aliphatic rings. The molecule has 2 aliphatic heterocycles. The zero-order valence-corrected chi connectivity index (χ0v) is 7.36. The Morgan fingerprint density at radius 2 is 2.29 bits per heavy atom. The van der Waals surface area contributed by atoms with Crippen molar-refractivity contribution in [3.63, 3.8) is 0 Å². The van der Waals surface area contributed by atoms with Crippen molar-refractivity contribution in [2.75, 3.05) is 6.54 Å². The largest absolute Gasteiger partial charge is 0.340 e. The van der Waals surface area contributed by atoms with Crippen LogP contribution in [0.4, 0.5) is 0 Å². The summed E-state index contributed by atoms with van der Waals surface area (Å²) >= 11 is 0. The number of rotatable bonds is 1. The Morgan fingerprint density at radius 1 is 1.50 bits per heavy atom. The van der Waals surface area contributed by atoms with E-state index in [1.807, 2.05) is 0 Å². The van der Waals surface area contributed by atoms with Crippen molar-refractivity contribution in [3.8, 4) is 0 Å². The molecule has 3 unspecified atom stereocenters. The molecule has 0 aromatic rings. The van der Waals surface area contributed by atoms with Crippen LogP contribution in [0.15, 0.2) is 4.99 Å². The number of nitrogens with two attached hydrogens (primary N) is 1. The highest BCUT2D eigenvalue weighted by Gasteiger charge is 2.35. The fourth-order valence-electron chi connectivity index (χ4n) is 1.48. The summed E-state index contributed by atoms with van der Waals surface area (Å²) in [5.41, 5.74) is 5.48. The van der Waals surface area contributed by atoms with Gasteiger partial charge in [-0.15, -0.1) is 0 Å². The Labute approximate surface area is 80.1 Å². The lowest BCUT2D eigenvalue weighted by Gasteiger charge is -2.34. The summed E-state index contributed by atoms with van der Waals surface area (Å²) in [6.07, 6.45) is 0.134. The maximum Gasteiger partial charge on any atom is 0.247 e. The third-order valence-electron chi connectivity index (χ3n) is 2.14. The van der Waals surface area contributed by atoms with Crippen molar-refractivity contribution in [2.45, 2.75) is 18.4 Å². The summed E-state index contributed by atoms with van der Waals surface area (Å²) in [6.45, 7) is 0.336. The van der Waals surface area contributed by atoms with Crippen LogP contribution in [0.5, 0.6) is 0 Å². The number of amides is 1. The van der Waals surface area contributed by atoms with Crippen molar-refractivity contribution in [3.05, 3.63) is 0 Å². The fraction of sp³-hybridized carbons (Fsp3) is 0.571. The highest BCUT2D eigenvalue weighted by Crippen LogP contribution is 2.02. The van der Waals surface area contributed by atoms with Crippen LogP contribution in [0.1, 0.15) is 0 Å². The van der Waals surface area contributed by atoms with E-state index in [0.717, 1.165) is 6.29 Å². The minimum absolute atomic E-state index is 0.262. The number of aldehydes is 1. The number of fused-ring (bicyclic) bond motifs is 1. The molecule has 3 atom stereocenters. The molecule has 76 valence electrons. The van der Waals surface area contributed by atoms with E-state index in [4.69, 9.17) is 5.73 Å². The van der Waals surface area contributed by atoms with E-state index in [-0.39, 0.29) is 5.91 Å². The first-order valence-corrected chi connectivity index (χ1v) is 4.29. The van der Waals surface area contributed by atoms with Gasteiger partial charge >= 0.3 is 0 Å². The lowest BCUT2D eigenvalue weighted by molar-refractivity contribution is -0.123. The van der Waals surface area contributed by atoms with E-state index < -0.39 is 18.4 Å². The molecule has 1 amide bonds. The fourth-order valence-corrected chi connectivity index (χ4v) is 1.48. The number of aliphatic imine (C=N–C) groups is 1. The van der Waals surface area contributed by atoms with Crippen LogP contribution in [-0.2, 0) is 9.59 Å². The second-order valence-electron chi connectivity index (χ2n) is 3.20. The topological polar surface area (TPSA) is 109 Å². The molecule has 5 N–H and O–H groups in total. The second kappa shape index (κ2) is 3.35. The molecular weight excluding hydrogens is 186 g/mol. The standard InChI is InChI=1S/C7H11N5O2/c8-7-11-5-4(6(14)12-7)10-3(2-13)1-9-5/h2-4,7,10H,1,8H2,(H,9,11)(H,12,14). The molecule has 0 aromatic heterocycles. The molecule has 2 rings (SSSR count). The Morgan fingerprint density at radius 3 is 3.00 bits per heavy atom. The van der Waals surface area contributed by atoms with Crippen LogP contribution in [0.2, 0.25) is 0 Å². The summed E-state index contributed by atoms with van der Waals surface area (Å²) in [5.74, 6) is 0.237. The van der Waals surface area contributed by atoms with Crippen LogP contribution in [0.25, 0.3) is 0 Å². The summed E-state index contributed by atoms with van der Waals surface area (Å²) in [5, 5.41) is 8.15. The van der Waals surface area contributed by atoms with Gasteiger partial charge in [-0.3, -0.25) is 20.8 Å². The molecule has 14 heavy (non-hydrogen) atoms. The van der Waals surface area contributed by atoms with Crippen LogP contribution in [-0.4, -0.2) is 42.9 Å². The van der Waals surface area contributed by atoms with E-state index in [2.05, 4.69) is 20.9 Å². The number of nitrogens with one attached hydrogen (secondary N) is 3. The zero-order chi connectivity index (χ0) is 10.1. The van der Waals surface area contributed by atoms with Crippen molar-refractivity contribution in [2.24, 2.45) is 10.7 Å². The van der Waals surface area contributed by atoms with Crippen molar-refractivity contribution >= 4 is 18.0 Å². The summed E-state index contributed by atoms with van der Waals surface area (Å²) in [6, 6.07) is -0.982. The van der Waals surface area contributed by atoms with Gasteiger partial charge in [0.15, 0.2) is 6.29 Å². The highest BCUT2D eigenvalue weighted by atomic mass is 16.2. The summed E-state index contributed by atoms with van der Waals surface area (Å²) < 4.78 is 0. The Hall–Kier alpha value is -1.47. The van der Waals surface area contributed by atoms with Crippen molar-refractivity contribution in [1.29, 1.82) is 0 Å². The first-order chi connectivity index (χ1) is 6.70. The Balaban J connectivity index is 2.18. The van der Waals surface area contributed by atoms with Crippen molar-refractivity contribution in [1.82, 2.24) is 16.0 Å². The van der Waals surface area contributed by atoms with Gasteiger partial charge in [0.05, 0.1) is 12.6 Å². The Kier molecular flexibility index (Phi) is 2.18. The molecule has 1 saturated heterocycles. The van der Waals surface area contributed by atoms with Gasteiger partial charge in [-0.2, -0.15) is 0 Å². The molecule has 0 aromatic carbocycles. The van der Waals surface area contributed by atoms with E-state index in [1.165, 1.54) is 0 Å². The van der Waals surface area contributed by atoms with E-state index in [9.17, 15) is 9.59 Å². The summed E-state index contributed by atoms with van der Waals surface area (Å²) in [4.78, 5) is 26.0. The summed E-state index contributed by atoms with van der Waals surface area (Å²) in [7, 11) is 0. The molecule has 7 heteroatoms. The predicted octanol–water partition coefficient (Wildman–Crippen LogP) is -3.11. The molecule has 7 nitrogen and oxygen atoms in total. The third-order valence-corrected chi connectivity index (χ3v) is 2.14. The second-order valence-corrected chi connectivity index (χ2v) is 3.20. The lowest BCUT2D eigenvalue weighted by atomic mass is 10.1. The number of carbonyl (C=O) groups excluding carboxylic acids is 2. The Bertz CT molecular complexity index is 302. The molecule has 2 heterocycles. The average Bonchev–Trinajstić information content (AvgIpc) is 2.17.